The van der Waals surface area contributed by atoms with E-state index in [-0.39, 0.29) is 19.0 Å². The lowest BCUT2D eigenvalue weighted by Gasteiger charge is -2.06. The monoisotopic (exact) mass is 224 g/mol. The molecule has 0 radical (unpaired) electrons. The average Bonchev–Trinajstić information content (AvgIpc) is 2.28. The largest absolute Gasteiger partial charge is 0.486 e. The van der Waals surface area contributed by atoms with E-state index in [0.29, 0.717) is 12.4 Å². The van der Waals surface area contributed by atoms with E-state index in [1.54, 1.807) is 13.2 Å². The predicted octanol–water partition coefficient (Wildman–Crippen LogP) is 1.43. The van der Waals surface area contributed by atoms with Crippen LogP contribution in [0, 0.1) is 0 Å². The molecule has 0 heterocycles. The Hall–Kier alpha value is -1.39. The first-order valence-electron chi connectivity index (χ1n) is 4.97. The molecule has 0 amide bonds. The standard InChI is InChI=1S/C12H16O4/c1-14-7-10-4-3-5-12(6-10)16-9-11(13)8-15-2/h3-6H,7-9H2,1-2H3. The first kappa shape index (κ1) is 12.7. The number of methoxy groups -OCH3 is 2. The molecule has 0 unspecified atom stereocenters. The molecule has 0 saturated heterocycles. The van der Waals surface area contributed by atoms with Crippen molar-refractivity contribution < 1.29 is 19.0 Å². The number of hydrogen-bond acceptors (Lipinski definition) is 4. The van der Waals surface area contributed by atoms with Gasteiger partial charge in [0.25, 0.3) is 0 Å². The van der Waals surface area contributed by atoms with Crippen molar-refractivity contribution in [2.24, 2.45) is 0 Å². The summed E-state index contributed by atoms with van der Waals surface area (Å²) in [5.74, 6) is 0.582. The van der Waals surface area contributed by atoms with Gasteiger partial charge in [-0.15, -0.1) is 0 Å². The van der Waals surface area contributed by atoms with Gasteiger partial charge in [0.2, 0.25) is 0 Å². The van der Waals surface area contributed by atoms with E-state index in [1.165, 1.54) is 7.11 Å². The van der Waals surface area contributed by atoms with Gasteiger partial charge in [-0.1, -0.05) is 12.1 Å². The molecule has 0 N–H and O–H groups in total. The Labute approximate surface area is 95.1 Å². The molecule has 0 aliphatic heterocycles. The van der Waals surface area contributed by atoms with E-state index >= 15 is 0 Å². The van der Waals surface area contributed by atoms with Crippen LogP contribution in [0.2, 0.25) is 0 Å². The highest BCUT2D eigenvalue weighted by molar-refractivity contribution is 5.81. The van der Waals surface area contributed by atoms with Crippen LogP contribution in [0.5, 0.6) is 5.75 Å². The summed E-state index contributed by atoms with van der Waals surface area (Å²) in [5, 5.41) is 0. The first-order chi connectivity index (χ1) is 7.76. The molecule has 88 valence electrons. The lowest BCUT2D eigenvalue weighted by atomic mass is 10.2. The highest BCUT2D eigenvalue weighted by Crippen LogP contribution is 2.13. The molecule has 0 bridgehead atoms. The molecule has 0 atom stereocenters. The fraction of sp³-hybridized carbons (Fsp3) is 0.417. The molecule has 1 aromatic rings. The van der Waals surface area contributed by atoms with Crippen LogP contribution in [-0.2, 0) is 20.9 Å². The minimum Gasteiger partial charge on any atom is -0.486 e. The quantitative estimate of drug-likeness (QED) is 0.702. The maximum atomic E-state index is 11.2. The van der Waals surface area contributed by atoms with Gasteiger partial charge in [-0.05, 0) is 17.7 Å². The van der Waals surface area contributed by atoms with Crippen LogP contribution in [-0.4, -0.2) is 33.2 Å². The molecule has 0 aliphatic carbocycles. The second-order valence-electron chi connectivity index (χ2n) is 3.34. The fourth-order valence-corrected chi connectivity index (χ4v) is 1.26. The second-order valence-corrected chi connectivity index (χ2v) is 3.34. The smallest absolute Gasteiger partial charge is 0.195 e. The van der Waals surface area contributed by atoms with Crippen molar-refractivity contribution in [3.8, 4) is 5.75 Å². The number of ketones is 1. The third kappa shape index (κ3) is 4.42. The van der Waals surface area contributed by atoms with Gasteiger partial charge in [-0.3, -0.25) is 4.79 Å². The number of Topliss-reactive ketones (excluding diaryl/α,β-unsaturated/α-hetero) is 1. The Kier molecular flexibility index (Phi) is 5.53. The van der Waals surface area contributed by atoms with Crippen LogP contribution in [0.4, 0.5) is 0 Å². The summed E-state index contributed by atoms with van der Waals surface area (Å²) in [6, 6.07) is 7.46. The zero-order chi connectivity index (χ0) is 11.8. The number of hydrogen-bond donors (Lipinski definition) is 0. The molecule has 0 fully saturated rings. The summed E-state index contributed by atoms with van der Waals surface area (Å²) in [5.41, 5.74) is 1.01. The van der Waals surface area contributed by atoms with Crippen molar-refractivity contribution in [3.05, 3.63) is 29.8 Å². The lowest BCUT2D eigenvalue weighted by Crippen LogP contribution is -2.16. The van der Waals surface area contributed by atoms with Crippen molar-refractivity contribution in [1.82, 2.24) is 0 Å². The van der Waals surface area contributed by atoms with Gasteiger partial charge in [0.1, 0.15) is 19.0 Å². The van der Waals surface area contributed by atoms with Gasteiger partial charge in [0.15, 0.2) is 5.78 Å². The normalized spacial score (nSPS) is 10.1. The molecule has 16 heavy (non-hydrogen) atoms. The van der Waals surface area contributed by atoms with E-state index in [1.807, 2.05) is 18.2 Å². The third-order valence-corrected chi connectivity index (χ3v) is 1.91. The van der Waals surface area contributed by atoms with E-state index < -0.39 is 0 Å². The van der Waals surface area contributed by atoms with Gasteiger partial charge >= 0.3 is 0 Å². The lowest BCUT2D eigenvalue weighted by molar-refractivity contribution is -0.124. The Morgan fingerprint density at radius 2 is 2.00 bits per heavy atom. The summed E-state index contributed by atoms with van der Waals surface area (Å²) in [6.45, 7) is 0.644. The van der Waals surface area contributed by atoms with Crippen molar-refractivity contribution in [2.75, 3.05) is 27.4 Å². The molecule has 4 heteroatoms. The average molecular weight is 224 g/mol. The van der Waals surface area contributed by atoms with Crippen LogP contribution >= 0.6 is 0 Å². The number of carbonyl (C=O) groups is 1. The van der Waals surface area contributed by atoms with Gasteiger partial charge < -0.3 is 14.2 Å². The number of carbonyl (C=O) groups excluding carboxylic acids is 1. The highest BCUT2D eigenvalue weighted by Gasteiger charge is 2.02. The first-order valence-corrected chi connectivity index (χ1v) is 4.97. The predicted molar refractivity (Wildman–Crippen MR) is 59.5 cm³/mol. The van der Waals surface area contributed by atoms with Crippen LogP contribution in [0.1, 0.15) is 5.56 Å². The summed E-state index contributed by atoms with van der Waals surface area (Å²) >= 11 is 0. The molecular formula is C12H16O4. The minimum absolute atomic E-state index is 0.0320. The SMILES string of the molecule is COCC(=O)COc1cccc(COC)c1. The molecular weight excluding hydrogens is 208 g/mol. The van der Waals surface area contributed by atoms with Gasteiger partial charge in [0, 0.05) is 14.2 Å². The summed E-state index contributed by atoms with van der Waals surface area (Å²) in [7, 11) is 3.12. The van der Waals surface area contributed by atoms with Gasteiger partial charge in [-0.2, -0.15) is 0 Å². The highest BCUT2D eigenvalue weighted by atomic mass is 16.5. The van der Waals surface area contributed by atoms with Crippen LogP contribution < -0.4 is 4.74 Å². The van der Waals surface area contributed by atoms with Crippen LogP contribution in [0.3, 0.4) is 0 Å². The van der Waals surface area contributed by atoms with Gasteiger partial charge in [-0.25, -0.2) is 0 Å². The Morgan fingerprint density at radius 1 is 1.19 bits per heavy atom. The minimum atomic E-state index is -0.0837. The number of rotatable bonds is 7. The van der Waals surface area contributed by atoms with Crippen molar-refractivity contribution in [1.29, 1.82) is 0 Å². The molecule has 1 aromatic carbocycles. The molecule has 0 aliphatic rings. The Morgan fingerprint density at radius 3 is 2.69 bits per heavy atom. The van der Waals surface area contributed by atoms with Gasteiger partial charge in [0.05, 0.1) is 6.61 Å². The Balaban J connectivity index is 2.47. The maximum absolute atomic E-state index is 11.2. The molecule has 0 aromatic heterocycles. The van der Waals surface area contributed by atoms with Crippen LogP contribution in [0.15, 0.2) is 24.3 Å². The Bertz CT molecular complexity index is 336. The van der Waals surface area contributed by atoms with Crippen molar-refractivity contribution in [3.63, 3.8) is 0 Å². The molecule has 4 nitrogen and oxygen atoms in total. The van der Waals surface area contributed by atoms with E-state index in [0.717, 1.165) is 5.56 Å². The number of benzene rings is 1. The maximum Gasteiger partial charge on any atom is 0.195 e. The van der Waals surface area contributed by atoms with E-state index in [2.05, 4.69) is 0 Å². The van der Waals surface area contributed by atoms with E-state index in [9.17, 15) is 4.79 Å². The summed E-state index contributed by atoms with van der Waals surface area (Å²) < 4.78 is 15.0. The topological polar surface area (TPSA) is 44.8 Å². The molecule has 0 spiro atoms. The fourth-order valence-electron chi connectivity index (χ4n) is 1.26. The zero-order valence-corrected chi connectivity index (χ0v) is 9.56. The molecule has 0 saturated carbocycles. The second kappa shape index (κ2) is 6.98. The van der Waals surface area contributed by atoms with Crippen molar-refractivity contribution in [2.45, 2.75) is 6.61 Å². The third-order valence-electron chi connectivity index (χ3n) is 1.91. The van der Waals surface area contributed by atoms with E-state index in [4.69, 9.17) is 14.2 Å². The summed E-state index contributed by atoms with van der Waals surface area (Å²) in [6.07, 6.45) is 0. The zero-order valence-electron chi connectivity index (χ0n) is 9.56. The van der Waals surface area contributed by atoms with Crippen LogP contribution in [0.25, 0.3) is 0 Å². The number of ether oxygens (including phenoxy) is 3. The summed E-state index contributed by atoms with van der Waals surface area (Å²) in [4.78, 5) is 11.2. The molecule has 1 rings (SSSR count). The van der Waals surface area contributed by atoms with Crippen molar-refractivity contribution >= 4 is 5.78 Å².